The number of hydrogen-bond acceptors (Lipinski definition) is 5. The number of benzene rings is 1. The minimum absolute atomic E-state index is 0.119. The number of fused-ring (bicyclic) bond motifs is 1. The SMILES string of the molecule is Cc1ncc(/C=C\C(=O)N[C@@H](C)c2ccc3c(c2)OCCO3)s1. The predicted molar refractivity (Wildman–Crippen MR) is 89.9 cm³/mol. The maximum Gasteiger partial charge on any atom is 0.244 e. The molecule has 0 saturated heterocycles. The van der Waals surface area contributed by atoms with Gasteiger partial charge in [-0.3, -0.25) is 4.79 Å². The van der Waals surface area contributed by atoms with Crippen LogP contribution < -0.4 is 14.8 Å². The van der Waals surface area contributed by atoms with E-state index in [2.05, 4.69) is 10.3 Å². The second-order valence-corrected chi connectivity index (χ2v) is 6.51. The van der Waals surface area contributed by atoms with Crippen LogP contribution in [0.3, 0.4) is 0 Å². The highest BCUT2D eigenvalue weighted by molar-refractivity contribution is 7.12. The molecule has 1 atom stereocenters. The van der Waals surface area contributed by atoms with Gasteiger partial charge in [-0.2, -0.15) is 0 Å². The summed E-state index contributed by atoms with van der Waals surface area (Å²) in [5, 5.41) is 3.92. The fourth-order valence-corrected chi connectivity index (χ4v) is 2.97. The van der Waals surface area contributed by atoms with Crippen LogP contribution in [0, 0.1) is 6.92 Å². The molecule has 0 unspecified atom stereocenters. The standard InChI is InChI=1S/C17H18N2O3S/c1-11(13-3-5-15-16(9-13)22-8-7-21-15)19-17(20)6-4-14-10-18-12(2)23-14/h3-6,9-11H,7-8H2,1-2H3,(H,19,20)/b6-4-/t11-/m0/s1. The van der Waals surface area contributed by atoms with Crippen LogP contribution in [-0.2, 0) is 4.79 Å². The minimum Gasteiger partial charge on any atom is -0.486 e. The molecule has 0 bridgehead atoms. The van der Waals surface area contributed by atoms with Crippen molar-refractivity contribution in [3.05, 3.63) is 45.9 Å². The van der Waals surface area contributed by atoms with Crippen molar-refractivity contribution in [2.45, 2.75) is 19.9 Å². The van der Waals surface area contributed by atoms with Crippen molar-refractivity contribution < 1.29 is 14.3 Å². The van der Waals surface area contributed by atoms with Crippen molar-refractivity contribution in [2.75, 3.05) is 13.2 Å². The van der Waals surface area contributed by atoms with Gasteiger partial charge in [0.1, 0.15) is 13.2 Å². The number of carbonyl (C=O) groups excluding carboxylic acids is 1. The number of nitrogens with zero attached hydrogens (tertiary/aromatic N) is 1. The summed E-state index contributed by atoms with van der Waals surface area (Å²) in [6.45, 7) is 4.99. The van der Waals surface area contributed by atoms with Crippen molar-refractivity contribution in [2.24, 2.45) is 0 Å². The highest BCUT2D eigenvalue weighted by Crippen LogP contribution is 2.32. The van der Waals surface area contributed by atoms with Crippen molar-refractivity contribution in [1.29, 1.82) is 0 Å². The molecule has 1 aliphatic heterocycles. The molecule has 3 rings (SSSR count). The molecule has 120 valence electrons. The van der Waals surface area contributed by atoms with Gasteiger partial charge in [-0.1, -0.05) is 6.07 Å². The lowest BCUT2D eigenvalue weighted by Crippen LogP contribution is -2.25. The fourth-order valence-electron chi connectivity index (χ4n) is 2.29. The van der Waals surface area contributed by atoms with Gasteiger partial charge < -0.3 is 14.8 Å². The Hall–Kier alpha value is -2.34. The van der Waals surface area contributed by atoms with E-state index in [1.54, 1.807) is 23.6 Å². The number of rotatable bonds is 4. The molecule has 0 fully saturated rings. The summed E-state index contributed by atoms with van der Waals surface area (Å²) in [5.41, 5.74) is 0.977. The van der Waals surface area contributed by atoms with Crippen LogP contribution in [0.25, 0.3) is 6.08 Å². The van der Waals surface area contributed by atoms with Gasteiger partial charge >= 0.3 is 0 Å². The van der Waals surface area contributed by atoms with E-state index in [4.69, 9.17) is 9.47 Å². The number of hydrogen-bond donors (Lipinski definition) is 1. The van der Waals surface area contributed by atoms with E-state index < -0.39 is 0 Å². The van der Waals surface area contributed by atoms with Gasteiger partial charge in [0.05, 0.1) is 11.0 Å². The van der Waals surface area contributed by atoms with Gasteiger partial charge in [0, 0.05) is 17.2 Å². The molecule has 1 aromatic carbocycles. The van der Waals surface area contributed by atoms with Gasteiger partial charge in [-0.05, 0) is 37.6 Å². The highest BCUT2D eigenvalue weighted by atomic mass is 32.1. The van der Waals surface area contributed by atoms with Gasteiger partial charge in [-0.25, -0.2) is 4.98 Å². The van der Waals surface area contributed by atoms with Crippen LogP contribution in [0.4, 0.5) is 0 Å². The predicted octanol–water partition coefficient (Wildman–Crippen LogP) is 3.11. The minimum atomic E-state index is -0.140. The summed E-state index contributed by atoms with van der Waals surface area (Å²) < 4.78 is 11.1. The molecule has 23 heavy (non-hydrogen) atoms. The number of nitrogens with one attached hydrogen (secondary N) is 1. The zero-order valence-electron chi connectivity index (χ0n) is 13.0. The lowest BCUT2D eigenvalue weighted by atomic mass is 10.1. The molecular formula is C17H18N2O3S. The number of carbonyl (C=O) groups is 1. The Bertz CT molecular complexity index is 739. The first-order valence-electron chi connectivity index (χ1n) is 7.42. The number of ether oxygens (including phenoxy) is 2. The van der Waals surface area contributed by atoms with E-state index in [-0.39, 0.29) is 11.9 Å². The average molecular weight is 330 g/mol. The molecule has 1 amide bonds. The first kappa shape index (κ1) is 15.6. The maximum atomic E-state index is 12.0. The molecule has 0 spiro atoms. The van der Waals surface area contributed by atoms with Crippen molar-refractivity contribution >= 4 is 23.3 Å². The maximum absolute atomic E-state index is 12.0. The third-order valence-corrected chi connectivity index (χ3v) is 4.34. The summed E-state index contributed by atoms with van der Waals surface area (Å²) >= 11 is 1.55. The number of aryl methyl sites for hydroxylation is 1. The summed E-state index contributed by atoms with van der Waals surface area (Å²) in [6.07, 6.45) is 5.06. The molecule has 6 heteroatoms. The zero-order valence-corrected chi connectivity index (χ0v) is 13.9. The Balaban J connectivity index is 1.63. The first-order valence-corrected chi connectivity index (χ1v) is 8.24. The van der Waals surface area contributed by atoms with Crippen LogP contribution in [0.1, 0.15) is 28.4 Å². The Morgan fingerprint density at radius 2 is 2.13 bits per heavy atom. The third-order valence-electron chi connectivity index (χ3n) is 3.46. The highest BCUT2D eigenvalue weighted by Gasteiger charge is 2.15. The topological polar surface area (TPSA) is 60.5 Å². The summed E-state index contributed by atoms with van der Waals surface area (Å²) in [6, 6.07) is 5.61. The number of amides is 1. The van der Waals surface area contributed by atoms with E-state index in [0.29, 0.717) is 13.2 Å². The Morgan fingerprint density at radius 3 is 2.87 bits per heavy atom. The molecule has 0 aliphatic carbocycles. The van der Waals surface area contributed by atoms with Gasteiger partial charge in [-0.15, -0.1) is 11.3 Å². The lowest BCUT2D eigenvalue weighted by molar-refractivity contribution is -0.117. The Labute approximate surface area is 139 Å². The van der Waals surface area contributed by atoms with Crippen molar-refractivity contribution in [1.82, 2.24) is 10.3 Å². The van der Waals surface area contributed by atoms with E-state index in [1.807, 2.05) is 32.0 Å². The molecule has 1 aliphatic rings. The van der Waals surface area contributed by atoms with Gasteiger partial charge in [0.15, 0.2) is 11.5 Å². The summed E-state index contributed by atoms with van der Waals surface area (Å²) in [7, 11) is 0. The van der Waals surface area contributed by atoms with Crippen molar-refractivity contribution in [3.63, 3.8) is 0 Å². The van der Waals surface area contributed by atoms with Gasteiger partial charge in [0.2, 0.25) is 5.91 Å². The normalized spacial score (nSPS) is 14.7. The molecule has 1 N–H and O–H groups in total. The summed E-state index contributed by atoms with van der Waals surface area (Å²) in [4.78, 5) is 17.1. The fraction of sp³-hybridized carbons (Fsp3) is 0.294. The number of thiazole rings is 1. The van der Waals surface area contributed by atoms with Gasteiger partial charge in [0.25, 0.3) is 0 Å². The molecule has 2 aromatic rings. The quantitative estimate of drug-likeness (QED) is 0.875. The zero-order chi connectivity index (χ0) is 16.2. The van der Waals surface area contributed by atoms with Crippen LogP contribution in [-0.4, -0.2) is 24.1 Å². The van der Waals surface area contributed by atoms with Crippen LogP contribution in [0.15, 0.2) is 30.5 Å². The monoisotopic (exact) mass is 330 g/mol. The molecule has 5 nitrogen and oxygen atoms in total. The Morgan fingerprint density at radius 1 is 1.35 bits per heavy atom. The second-order valence-electron chi connectivity index (χ2n) is 5.25. The van der Waals surface area contributed by atoms with E-state index in [9.17, 15) is 4.79 Å². The van der Waals surface area contributed by atoms with E-state index >= 15 is 0 Å². The number of aromatic nitrogens is 1. The average Bonchev–Trinajstić information content (AvgIpc) is 2.98. The summed E-state index contributed by atoms with van der Waals surface area (Å²) in [5.74, 6) is 1.34. The Kier molecular flexibility index (Phi) is 4.62. The lowest BCUT2D eigenvalue weighted by Gasteiger charge is -2.20. The third kappa shape index (κ3) is 3.90. The molecule has 2 heterocycles. The van der Waals surface area contributed by atoms with Crippen LogP contribution >= 0.6 is 11.3 Å². The van der Waals surface area contributed by atoms with Crippen LogP contribution in [0.5, 0.6) is 11.5 Å². The second kappa shape index (κ2) is 6.83. The smallest absolute Gasteiger partial charge is 0.244 e. The van der Waals surface area contributed by atoms with E-state index in [0.717, 1.165) is 26.9 Å². The molecular weight excluding hydrogens is 312 g/mol. The molecule has 0 saturated carbocycles. The first-order chi connectivity index (χ1) is 11.1. The largest absolute Gasteiger partial charge is 0.486 e. The molecule has 0 radical (unpaired) electrons. The van der Waals surface area contributed by atoms with E-state index in [1.165, 1.54) is 6.08 Å². The van der Waals surface area contributed by atoms with Crippen LogP contribution in [0.2, 0.25) is 0 Å². The van der Waals surface area contributed by atoms with Crippen molar-refractivity contribution in [3.8, 4) is 11.5 Å². The molecule has 1 aromatic heterocycles.